The van der Waals surface area contributed by atoms with Crippen molar-refractivity contribution in [1.82, 2.24) is 9.55 Å². The Morgan fingerprint density at radius 3 is 2.41 bits per heavy atom. The van der Waals surface area contributed by atoms with Gasteiger partial charge in [0, 0.05) is 12.6 Å². The maximum absolute atomic E-state index is 13.6. The molecule has 1 amide bonds. The van der Waals surface area contributed by atoms with Crippen molar-refractivity contribution in [3.05, 3.63) is 66.1 Å². The van der Waals surface area contributed by atoms with E-state index in [1.54, 1.807) is 7.05 Å². The number of hydrogen-bond acceptors (Lipinski definition) is 5. The molecule has 0 aliphatic rings. The number of amides is 1. The summed E-state index contributed by atoms with van der Waals surface area (Å²) >= 11 is 0. The van der Waals surface area contributed by atoms with Gasteiger partial charge in [-0.1, -0.05) is 12.1 Å². The standard InChI is InChI=1S/C17H15FN4O4S/c1-22-10-15(23)19-17(22)20-16(24)11-6-8-12(9-7-11)27(25,26)21-14-5-3-2-4-13(14)18/h2-10,21,23H,1H3,(H,19,20,24). The average molecular weight is 390 g/mol. The second kappa shape index (κ2) is 7.08. The number of nitrogens with one attached hydrogen (secondary N) is 2. The minimum absolute atomic E-state index is 0.128. The molecule has 0 spiro atoms. The number of hydrogen-bond donors (Lipinski definition) is 3. The molecule has 0 radical (unpaired) electrons. The summed E-state index contributed by atoms with van der Waals surface area (Å²) in [5.74, 6) is -1.34. The highest BCUT2D eigenvalue weighted by Gasteiger charge is 2.17. The van der Waals surface area contributed by atoms with E-state index in [1.165, 1.54) is 53.2 Å². The maximum Gasteiger partial charge on any atom is 0.261 e. The number of nitrogens with zero attached hydrogens (tertiary/aromatic N) is 2. The van der Waals surface area contributed by atoms with Crippen LogP contribution in [0.5, 0.6) is 5.88 Å². The summed E-state index contributed by atoms with van der Waals surface area (Å²) in [6.07, 6.45) is 1.32. The fourth-order valence-corrected chi connectivity index (χ4v) is 3.34. The third-order valence-corrected chi connectivity index (χ3v) is 5.02. The molecule has 0 aliphatic heterocycles. The van der Waals surface area contributed by atoms with Gasteiger partial charge in [0.2, 0.25) is 11.8 Å². The van der Waals surface area contributed by atoms with Crippen LogP contribution in [0, 0.1) is 5.82 Å². The summed E-state index contributed by atoms with van der Waals surface area (Å²) in [5.41, 5.74) is 0.0104. The van der Waals surface area contributed by atoms with Crippen LogP contribution < -0.4 is 10.0 Å². The van der Waals surface area contributed by atoms with Crippen LogP contribution in [-0.4, -0.2) is 29.0 Å². The number of halogens is 1. The number of aryl methyl sites for hydroxylation is 1. The first-order valence-electron chi connectivity index (χ1n) is 7.67. The van der Waals surface area contributed by atoms with Crippen molar-refractivity contribution in [3.63, 3.8) is 0 Å². The van der Waals surface area contributed by atoms with Gasteiger partial charge >= 0.3 is 0 Å². The zero-order valence-corrected chi connectivity index (χ0v) is 14.9. The summed E-state index contributed by atoms with van der Waals surface area (Å²) < 4.78 is 41.9. The smallest absolute Gasteiger partial charge is 0.261 e. The molecule has 8 nitrogen and oxygen atoms in total. The molecule has 1 aromatic heterocycles. The summed E-state index contributed by atoms with van der Waals surface area (Å²) in [6.45, 7) is 0. The Morgan fingerprint density at radius 1 is 1.15 bits per heavy atom. The van der Waals surface area contributed by atoms with Gasteiger partial charge in [-0.05, 0) is 36.4 Å². The zero-order valence-electron chi connectivity index (χ0n) is 14.0. The number of carbonyl (C=O) groups excluding carboxylic acids is 1. The van der Waals surface area contributed by atoms with E-state index in [-0.39, 0.29) is 28.0 Å². The summed E-state index contributed by atoms with van der Waals surface area (Å²) in [5, 5.41) is 11.8. The first-order chi connectivity index (χ1) is 12.8. The molecule has 1 heterocycles. The Morgan fingerprint density at radius 2 is 1.81 bits per heavy atom. The lowest BCUT2D eigenvalue weighted by atomic mass is 10.2. The molecule has 0 unspecified atom stereocenters. The Bertz CT molecular complexity index is 1090. The van der Waals surface area contributed by atoms with E-state index in [9.17, 15) is 22.7 Å². The minimum atomic E-state index is -4.01. The second-order valence-corrected chi connectivity index (χ2v) is 7.28. The van der Waals surface area contributed by atoms with Crippen molar-refractivity contribution in [3.8, 4) is 5.88 Å². The van der Waals surface area contributed by atoms with Gasteiger partial charge in [0.1, 0.15) is 5.82 Å². The number of sulfonamides is 1. The molecule has 0 aliphatic carbocycles. The molecular weight excluding hydrogens is 375 g/mol. The first kappa shape index (κ1) is 18.4. The lowest BCUT2D eigenvalue weighted by Crippen LogP contribution is -2.16. The van der Waals surface area contributed by atoms with Gasteiger partial charge < -0.3 is 9.67 Å². The van der Waals surface area contributed by atoms with E-state index in [4.69, 9.17) is 0 Å². The third-order valence-electron chi connectivity index (χ3n) is 3.63. The highest BCUT2D eigenvalue weighted by Crippen LogP contribution is 2.20. The molecule has 27 heavy (non-hydrogen) atoms. The largest absolute Gasteiger partial charge is 0.492 e. The number of aromatic nitrogens is 2. The number of anilines is 2. The van der Waals surface area contributed by atoms with Gasteiger partial charge in [-0.15, -0.1) is 0 Å². The lowest BCUT2D eigenvalue weighted by Gasteiger charge is -2.09. The molecule has 0 saturated carbocycles. The molecule has 140 valence electrons. The Labute approximate surface area is 154 Å². The highest BCUT2D eigenvalue weighted by molar-refractivity contribution is 7.92. The van der Waals surface area contributed by atoms with Crippen molar-refractivity contribution < 1.29 is 22.7 Å². The third kappa shape index (κ3) is 4.06. The van der Waals surface area contributed by atoms with Gasteiger partial charge in [-0.25, -0.2) is 12.8 Å². The van der Waals surface area contributed by atoms with E-state index < -0.39 is 21.7 Å². The average Bonchev–Trinajstić information content (AvgIpc) is 2.94. The number of benzene rings is 2. The topological polar surface area (TPSA) is 113 Å². The van der Waals surface area contributed by atoms with Crippen molar-refractivity contribution in [2.24, 2.45) is 7.05 Å². The van der Waals surface area contributed by atoms with Crippen LogP contribution in [0.2, 0.25) is 0 Å². The quantitative estimate of drug-likeness (QED) is 0.619. The van der Waals surface area contributed by atoms with Crippen LogP contribution in [-0.2, 0) is 17.1 Å². The summed E-state index contributed by atoms with van der Waals surface area (Å²) in [4.78, 5) is 15.8. The molecule has 0 saturated heterocycles. The maximum atomic E-state index is 13.6. The van der Waals surface area contributed by atoms with Crippen molar-refractivity contribution in [1.29, 1.82) is 0 Å². The van der Waals surface area contributed by atoms with E-state index >= 15 is 0 Å². The number of rotatable bonds is 5. The van der Waals surface area contributed by atoms with Crippen molar-refractivity contribution in [2.75, 3.05) is 10.0 Å². The van der Waals surface area contributed by atoms with Crippen LogP contribution >= 0.6 is 0 Å². The zero-order chi connectivity index (χ0) is 19.6. The minimum Gasteiger partial charge on any atom is -0.492 e. The van der Waals surface area contributed by atoms with Crippen LogP contribution in [0.25, 0.3) is 0 Å². The summed E-state index contributed by atoms with van der Waals surface area (Å²) in [6, 6.07) is 10.5. The van der Waals surface area contributed by atoms with Gasteiger partial charge in [0.25, 0.3) is 15.9 Å². The molecule has 3 N–H and O–H groups in total. The van der Waals surface area contributed by atoms with Crippen LogP contribution in [0.3, 0.4) is 0 Å². The SMILES string of the molecule is Cn1cc(O)nc1NC(=O)c1ccc(S(=O)(=O)Nc2ccccc2F)cc1. The monoisotopic (exact) mass is 390 g/mol. The fraction of sp³-hybridized carbons (Fsp3) is 0.0588. The number of para-hydroxylation sites is 1. The molecule has 3 aromatic rings. The molecule has 3 rings (SSSR count). The lowest BCUT2D eigenvalue weighted by molar-refractivity contribution is 0.102. The molecular formula is C17H15FN4O4S. The molecule has 10 heteroatoms. The fourth-order valence-electron chi connectivity index (χ4n) is 2.27. The van der Waals surface area contributed by atoms with Crippen molar-refractivity contribution in [2.45, 2.75) is 4.90 Å². The number of carbonyl (C=O) groups is 1. The Balaban J connectivity index is 1.77. The van der Waals surface area contributed by atoms with Gasteiger partial charge in [-0.2, -0.15) is 4.98 Å². The predicted octanol–water partition coefficient (Wildman–Crippen LogP) is 2.32. The second-order valence-electron chi connectivity index (χ2n) is 5.60. The number of imidazole rings is 1. The highest BCUT2D eigenvalue weighted by atomic mass is 32.2. The Hall–Kier alpha value is -3.40. The van der Waals surface area contributed by atoms with Crippen LogP contribution in [0.1, 0.15) is 10.4 Å². The van der Waals surface area contributed by atoms with Crippen LogP contribution in [0.4, 0.5) is 16.0 Å². The number of aromatic hydroxyl groups is 1. The van der Waals surface area contributed by atoms with Crippen LogP contribution in [0.15, 0.2) is 59.6 Å². The van der Waals surface area contributed by atoms with Gasteiger partial charge in [0.15, 0.2) is 0 Å². The molecule has 0 atom stereocenters. The van der Waals surface area contributed by atoms with E-state index in [0.29, 0.717) is 0 Å². The Kier molecular flexibility index (Phi) is 4.82. The van der Waals surface area contributed by atoms with E-state index in [1.807, 2.05) is 0 Å². The normalized spacial score (nSPS) is 11.2. The van der Waals surface area contributed by atoms with Gasteiger partial charge in [-0.3, -0.25) is 14.8 Å². The molecule has 2 aromatic carbocycles. The van der Waals surface area contributed by atoms with E-state index in [2.05, 4.69) is 15.0 Å². The molecule has 0 bridgehead atoms. The van der Waals surface area contributed by atoms with Crippen molar-refractivity contribution >= 4 is 27.6 Å². The summed E-state index contributed by atoms with van der Waals surface area (Å²) in [7, 11) is -2.42. The molecule has 0 fully saturated rings. The van der Waals surface area contributed by atoms with E-state index in [0.717, 1.165) is 6.07 Å². The van der Waals surface area contributed by atoms with Gasteiger partial charge in [0.05, 0.1) is 16.8 Å². The first-order valence-corrected chi connectivity index (χ1v) is 9.16. The predicted molar refractivity (Wildman–Crippen MR) is 96.5 cm³/mol.